The molecule has 0 unspecified atom stereocenters. The molecule has 0 saturated carbocycles. The quantitative estimate of drug-likeness (QED) is 0.716. The first kappa shape index (κ1) is 18.4. The number of ether oxygens (including phenoxy) is 1. The van der Waals surface area contributed by atoms with E-state index in [0.717, 1.165) is 17.8 Å². The fourth-order valence-electron chi connectivity index (χ4n) is 3.44. The van der Waals surface area contributed by atoms with E-state index in [1.165, 1.54) is 12.5 Å². The monoisotopic (exact) mass is 384 g/mol. The van der Waals surface area contributed by atoms with Gasteiger partial charge >= 0.3 is 5.92 Å². The van der Waals surface area contributed by atoms with Gasteiger partial charge in [0, 0.05) is 12.0 Å². The van der Waals surface area contributed by atoms with Gasteiger partial charge in [-0.15, -0.1) is 0 Å². The molecular formula is C21H22F2N4O. The molecule has 1 aliphatic heterocycles. The molecule has 4 rings (SSSR count). The molecule has 0 aliphatic carbocycles. The molecule has 1 atom stereocenters. The second-order valence-corrected chi connectivity index (χ2v) is 7.26. The topological polar surface area (TPSA) is 76.3 Å². The lowest BCUT2D eigenvalue weighted by atomic mass is 9.88. The summed E-state index contributed by atoms with van der Waals surface area (Å²) in [5.41, 5.74) is 7.82. The Morgan fingerprint density at radius 3 is 2.57 bits per heavy atom. The Kier molecular flexibility index (Phi) is 4.33. The first-order valence-electron chi connectivity index (χ1n) is 9.24. The second kappa shape index (κ2) is 6.58. The zero-order valence-corrected chi connectivity index (χ0v) is 15.8. The number of aryl methyl sites for hydroxylation is 1. The smallest absolute Gasteiger partial charge is 0.310 e. The number of halogens is 2. The van der Waals surface area contributed by atoms with E-state index < -0.39 is 18.1 Å². The van der Waals surface area contributed by atoms with Crippen LogP contribution in [0.5, 0.6) is 0 Å². The van der Waals surface area contributed by atoms with Crippen LogP contribution in [0.4, 0.5) is 8.78 Å². The lowest BCUT2D eigenvalue weighted by molar-refractivity contribution is -0.171. The van der Waals surface area contributed by atoms with Gasteiger partial charge in [0.2, 0.25) is 0 Å². The standard InChI is InChI=1S/C21H22F2N4O/c1-3-13-4-6-14(7-5-13)10-18-26-16-9-8-15(11-17(16)27-18)20(2)21(22,23)12-25-19(24)28-20/h4-9,11H,3,10,12H2,1-2H3,(H2,24,25)(H,26,27)/t20-/m1/s1. The largest absolute Gasteiger partial charge is 0.448 e. The molecule has 3 N–H and O–H groups in total. The lowest BCUT2D eigenvalue weighted by Gasteiger charge is -2.39. The molecule has 0 amide bonds. The second-order valence-electron chi connectivity index (χ2n) is 7.26. The Labute approximate surface area is 161 Å². The Morgan fingerprint density at radius 1 is 1.14 bits per heavy atom. The van der Waals surface area contributed by atoms with Crippen molar-refractivity contribution in [3.8, 4) is 0 Å². The molecule has 2 aromatic carbocycles. The first-order valence-corrected chi connectivity index (χ1v) is 9.24. The zero-order chi connectivity index (χ0) is 19.9. The molecule has 28 heavy (non-hydrogen) atoms. The maximum absolute atomic E-state index is 14.6. The zero-order valence-electron chi connectivity index (χ0n) is 15.8. The average molecular weight is 384 g/mol. The summed E-state index contributed by atoms with van der Waals surface area (Å²) >= 11 is 0. The Morgan fingerprint density at radius 2 is 1.86 bits per heavy atom. The van der Waals surface area contributed by atoms with E-state index in [9.17, 15) is 8.78 Å². The highest BCUT2D eigenvalue weighted by atomic mass is 19.3. The third kappa shape index (κ3) is 3.10. The van der Waals surface area contributed by atoms with Crippen molar-refractivity contribution in [3.05, 3.63) is 65.0 Å². The van der Waals surface area contributed by atoms with E-state index in [2.05, 4.69) is 46.1 Å². The van der Waals surface area contributed by atoms with Gasteiger partial charge in [0.15, 0.2) is 5.60 Å². The van der Waals surface area contributed by atoms with Gasteiger partial charge in [-0.2, -0.15) is 8.78 Å². The number of rotatable bonds is 4. The molecule has 7 heteroatoms. The Hall–Kier alpha value is -2.96. The predicted molar refractivity (Wildman–Crippen MR) is 105 cm³/mol. The number of nitrogens with two attached hydrogens (primary N) is 1. The number of benzene rings is 2. The van der Waals surface area contributed by atoms with E-state index in [1.807, 2.05) is 0 Å². The Bertz CT molecular complexity index is 1040. The number of nitrogens with zero attached hydrogens (tertiary/aromatic N) is 2. The van der Waals surface area contributed by atoms with Crippen LogP contribution in [0, 0.1) is 0 Å². The van der Waals surface area contributed by atoms with Gasteiger partial charge in [-0.1, -0.05) is 37.3 Å². The fraction of sp³-hybridized carbons (Fsp3) is 0.333. The highest BCUT2D eigenvalue weighted by molar-refractivity contribution is 5.77. The molecule has 2 heterocycles. The summed E-state index contributed by atoms with van der Waals surface area (Å²) in [6, 6.07) is 13.1. The first-order chi connectivity index (χ1) is 13.3. The van der Waals surface area contributed by atoms with Crippen LogP contribution in [0.25, 0.3) is 11.0 Å². The van der Waals surface area contributed by atoms with Gasteiger partial charge in [0.1, 0.15) is 12.4 Å². The van der Waals surface area contributed by atoms with Crippen LogP contribution in [0.3, 0.4) is 0 Å². The van der Waals surface area contributed by atoms with Crippen molar-refractivity contribution < 1.29 is 13.5 Å². The van der Waals surface area contributed by atoms with Gasteiger partial charge in [0.25, 0.3) is 6.02 Å². The van der Waals surface area contributed by atoms with E-state index in [0.29, 0.717) is 23.0 Å². The molecule has 3 aromatic rings. The van der Waals surface area contributed by atoms with Crippen LogP contribution in [0.1, 0.15) is 36.4 Å². The molecule has 0 spiro atoms. The Balaban J connectivity index is 1.65. The van der Waals surface area contributed by atoms with E-state index in [-0.39, 0.29) is 6.02 Å². The van der Waals surface area contributed by atoms with Crippen molar-refractivity contribution in [3.63, 3.8) is 0 Å². The SMILES string of the molecule is CCc1ccc(Cc2nc3ccc([C@@]4(C)OC(N)=NCC4(F)F)cc3[nH]2)cc1. The summed E-state index contributed by atoms with van der Waals surface area (Å²) in [7, 11) is 0. The number of imidazole rings is 1. The number of H-pyrrole nitrogens is 1. The van der Waals surface area contributed by atoms with Crippen LogP contribution in [-0.2, 0) is 23.2 Å². The number of fused-ring (bicyclic) bond motifs is 1. The summed E-state index contributed by atoms with van der Waals surface area (Å²) in [5, 5.41) is 0. The molecule has 0 bridgehead atoms. The maximum atomic E-state index is 14.6. The van der Waals surface area contributed by atoms with E-state index in [1.54, 1.807) is 18.2 Å². The summed E-state index contributed by atoms with van der Waals surface area (Å²) in [5.74, 6) is -2.40. The minimum Gasteiger partial charge on any atom is -0.448 e. The number of nitrogens with one attached hydrogen (secondary N) is 1. The fourth-order valence-corrected chi connectivity index (χ4v) is 3.44. The number of aromatic nitrogens is 2. The summed E-state index contributed by atoms with van der Waals surface area (Å²) < 4.78 is 34.4. The van der Waals surface area contributed by atoms with Gasteiger partial charge < -0.3 is 15.5 Å². The predicted octanol–water partition coefficient (Wildman–Crippen LogP) is 3.91. The molecule has 1 aromatic heterocycles. The maximum Gasteiger partial charge on any atom is 0.310 e. The van der Waals surface area contributed by atoms with Crippen molar-refractivity contribution in [2.75, 3.05) is 6.54 Å². The highest BCUT2D eigenvalue weighted by Crippen LogP contribution is 2.43. The normalized spacial score (nSPS) is 21.4. The number of amidine groups is 1. The molecule has 1 aliphatic rings. The van der Waals surface area contributed by atoms with Crippen molar-refractivity contribution in [1.82, 2.24) is 9.97 Å². The van der Waals surface area contributed by atoms with Crippen LogP contribution in [-0.4, -0.2) is 28.5 Å². The van der Waals surface area contributed by atoms with Crippen molar-refractivity contribution in [1.29, 1.82) is 0 Å². The van der Waals surface area contributed by atoms with E-state index >= 15 is 0 Å². The summed E-state index contributed by atoms with van der Waals surface area (Å²) in [4.78, 5) is 11.3. The van der Waals surface area contributed by atoms with Gasteiger partial charge in [-0.3, -0.25) is 0 Å². The third-order valence-corrected chi connectivity index (χ3v) is 5.32. The summed E-state index contributed by atoms with van der Waals surface area (Å²) in [6.07, 6.45) is 1.63. The lowest BCUT2D eigenvalue weighted by Crippen LogP contribution is -2.53. The van der Waals surface area contributed by atoms with Crippen LogP contribution in [0.15, 0.2) is 47.5 Å². The third-order valence-electron chi connectivity index (χ3n) is 5.32. The van der Waals surface area contributed by atoms with Gasteiger partial charge in [0.05, 0.1) is 11.0 Å². The number of hydrogen-bond donors (Lipinski definition) is 2. The number of hydrogen-bond acceptors (Lipinski definition) is 4. The van der Waals surface area contributed by atoms with E-state index in [4.69, 9.17) is 10.5 Å². The summed E-state index contributed by atoms with van der Waals surface area (Å²) in [6.45, 7) is 2.75. The number of aliphatic imine (C=N–C) groups is 1. The minimum absolute atomic E-state index is 0.227. The van der Waals surface area contributed by atoms with Crippen LogP contribution in [0.2, 0.25) is 0 Å². The molecular weight excluding hydrogens is 362 g/mol. The van der Waals surface area contributed by atoms with Crippen molar-refractivity contribution in [2.24, 2.45) is 10.7 Å². The molecule has 0 radical (unpaired) electrons. The molecule has 146 valence electrons. The molecule has 5 nitrogen and oxygen atoms in total. The van der Waals surface area contributed by atoms with Gasteiger partial charge in [-0.25, -0.2) is 9.98 Å². The van der Waals surface area contributed by atoms with Crippen molar-refractivity contribution in [2.45, 2.75) is 38.2 Å². The van der Waals surface area contributed by atoms with Crippen LogP contribution >= 0.6 is 0 Å². The van der Waals surface area contributed by atoms with Crippen molar-refractivity contribution >= 4 is 17.1 Å². The van der Waals surface area contributed by atoms with Gasteiger partial charge in [-0.05, 0) is 36.6 Å². The number of aromatic amines is 1. The van der Waals surface area contributed by atoms with Crippen LogP contribution < -0.4 is 5.73 Å². The minimum atomic E-state index is -3.17. The number of alkyl halides is 2. The molecule has 0 saturated heterocycles. The molecule has 0 fully saturated rings. The average Bonchev–Trinajstić information content (AvgIpc) is 3.07. The highest BCUT2D eigenvalue weighted by Gasteiger charge is 2.56.